The summed E-state index contributed by atoms with van der Waals surface area (Å²) in [7, 11) is 0. The highest BCUT2D eigenvalue weighted by Gasteiger charge is 2.28. The topological polar surface area (TPSA) is 89.3 Å². The summed E-state index contributed by atoms with van der Waals surface area (Å²) in [5.41, 5.74) is 1.54. The van der Waals surface area contributed by atoms with Crippen LogP contribution >= 0.6 is 12.4 Å². The summed E-state index contributed by atoms with van der Waals surface area (Å²) < 4.78 is 10.2. The lowest BCUT2D eigenvalue weighted by Gasteiger charge is -2.29. The Morgan fingerprint density at radius 1 is 1.36 bits per heavy atom. The highest BCUT2D eigenvalue weighted by molar-refractivity contribution is 5.95. The lowest BCUT2D eigenvalue weighted by molar-refractivity contribution is -0.123. The van der Waals surface area contributed by atoms with Gasteiger partial charge < -0.3 is 19.9 Å². The number of nitrogens with one attached hydrogen (secondary N) is 2. The summed E-state index contributed by atoms with van der Waals surface area (Å²) in [6.07, 6.45) is 1.14. The first-order valence-electron chi connectivity index (χ1n) is 6.77. The van der Waals surface area contributed by atoms with Crippen LogP contribution in [0.4, 0.5) is 5.69 Å². The molecule has 8 heteroatoms. The quantitative estimate of drug-likeness (QED) is 0.889. The smallest absolute Gasteiger partial charge is 0.244 e. The SMILES string of the molecule is C[C@H]1OCCN[C@@H]1C(=O)Nc1ccc(-c2ncon2)cc1.Cl. The third-order valence-corrected chi connectivity index (χ3v) is 3.37. The maximum Gasteiger partial charge on any atom is 0.244 e. The number of hydrogen-bond donors (Lipinski definition) is 2. The van der Waals surface area contributed by atoms with Crippen molar-refractivity contribution < 1.29 is 14.1 Å². The number of aromatic nitrogens is 2. The van der Waals surface area contributed by atoms with E-state index in [1.165, 1.54) is 6.39 Å². The summed E-state index contributed by atoms with van der Waals surface area (Å²) in [6, 6.07) is 6.93. The van der Waals surface area contributed by atoms with E-state index in [2.05, 4.69) is 20.8 Å². The van der Waals surface area contributed by atoms with Crippen LogP contribution < -0.4 is 10.6 Å². The maximum atomic E-state index is 12.2. The van der Waals surface area contributed by atoms with Gasteiger partial charge in [-0.3, -0.25) is 4.79 Å². The molecule has 1 aliphatic rings. The Hall–Kier alpha value is -1.96. The van der Waals surface area contributed by atoms with Crippen molar-refractivity contribution in [3.63, 3.8) is 0 Å². The van der Waals surface area contributed by atoms with E-state index in [0.29, 0.717) is 24.7 Å². The van der Waals surface area contributed by atoms with E-state index < -0.39 is 0 Å². The highest BCUT2D eigenvalue weighted by Crippen LogP contribution is 2.18. The van der Waals surface area contributed by atoms with Gasteiger partial charge in [-0.2, -0.15) is 4.98 Å². The average molecular weight is 325 g/mol. The Balaban J connectivity index is 0.00000176. The molecule has 2 N–H and O–H groups in total. The molecule has 1 fully saturated rings. The number of morpholine rings is 1. The first-order valence-corrected chi connectivity index (χ1v) is 6.77. The summed E-state index contributed by atoms with van der Waals surface area (Å²) >= 11 is 0. The van der Waals surface area contributed by atoms with E-state index in [0.717, 1.165) is 5.56 Å². The Labute approximate surface area is 133 Å². The maximum absolute atomic E-state index is 12.2. The summed E-state index contributed by atoms with van der Waals surface area (Å²) in [5.74, 6) is 0.415. The molecule has 2 atom stereocenters. The molecule has 2 aromatic rings. The van der Waals surface area contributed by atoms with Crippen LogP contribution in [-0.2, 0) is 9.53 Å². The standard InChI is InChI=1S/C14H16N4O3.ClH/c1-9-12(15-6-7-20-9)14(19)17-11-4-2-10(3-5-11)13-16-8-21-18-13;/h2-5,8-9,12,15H,6-7H2,1H3,(H,17,19);1H/t9-,12+;/m1./s1. The van der Waals surface area contributed by atoms with Crippen molar-refractivity contribution in [2.24, 2.45) is 0 Å². The van der Waals surface area contributed by atoms with Gasteiger partial charge in [0.1, 0.15) is 6.04 Å². The van der Waals surface area contributed by atoms with Crippen molar-refractivity contribution in [3.8, 4) is 11.4 Å². The number of carbonyl (C=O) groups is 1. The number of anilines is 1. The molecule has 1 aromatic heterocycles. The van der Waals surface area contributed by atoms with Gasteiger partial charge in [0.05, 0.1) is 12.7 Å². The minimum absolute atomic E-state index is 0. The van der Waals surface area contributed by atoms with Crippen LogP contribution in [0.2, 0.25) is 0 Å². The van der Waals surface area contributed by atoms with Gasteiger partial charge in [-0.15, -0.1) is 12.4 Å². The van der Waals surface area contributed by atoms with Gasteiger partial charge >= 0.3 is 0 Å². The van der Waals surface area contributed by atoms with E-state index in [4.69, 9.17) is 9.26 Å². The minimum Gasteiger partial charge on any atom is -0.375 e. The third-order valence-electron chi connectivity index (χ3n) is 3.37. The molecule has 1 amide bonds. The Bertz CT molecular complexity index is 603. The number of carbonyl (C=O) groups excluding carboxylic acids is 1. The molecule has 2 heterocycles. The largest absolute Gasteiger partial charge is 0.375 e. The second-order valence-corrected chi connectivity index (χ2v) is 4.83. The van der Waals surface area contributed by atoms with Crippen molar-refractivity contribution in [1.29, 1.82) is 0 Å². The molecule has 1 aliphatic heterocycles. The predicted octanol–water partition coefficient (Wildman–Crippen LogP) is 1.47. The van der Waals surface area contributed by atoms with Crippen LogP contribution in [0.3, 0.4) is 0 Å². The molecular weight excluding hydrogens is 308 g/mol. The van der Waals surface area contributed by atoms with Crippen LogP contribution in [-0.4, -0.2) is 41.3 Å². The molecule has 3 rings (SSSR count). The van der Waals surface area contributed by atoms with Crippen LogP contribution in [0.5, 0.6) is 0 Å². The van der Waals surface area contributed by atoms with E-state index >= 15 is 0 Å². The molecule has 0 bridgehead atoms. The van der Waals surface area contributed by atoms with Gasteiger partial charge in [-0.25, -0.2) is 0 Å². The Morgan fingerprint density at radius 3 is 2.77 bits per heavy atom. The molecule has 0 spiro atoms. The summed E-state index contributed by atoms with van der Waals surface area (Å²) in [5, 5.41) is 9.78. The number of benzene rings is 1. The van der Waals surface area contributed by atoms with Crippen LogP contribution in [0.15, 0.2) is 35.2 Å². The Morgan fingerprint density at radius 2 is 2.14 bits per heavy atom. The molecule has 118 valence electrons. The molecule has 0 aliphatic carbocycles. The lowest BCUT2D eigenvalue weighted by Crippen LogP contribution is -2.53. The third kappa shape index (κ3) is 3.62. The summed E-state index contributed by atoms with van der Waals surface area (Å²) in [6.45, 7) is 3.19. The zero-order chi connectivity index (χ0) is 14.7. The Kier molecular flexibility index (Phi) is 5.48. The van der Waals surface area contributed by atoms with Crippen LogP contribution in [0.1, 0.15) is 6.92 Å². The molecular formula is C14H17ClN4O3. The van der Waals surface area contributed by atoms with Gasteiger partial charge in [-0.1, -0.05) is 5.16 Å². The first kappa shape index (κ1) is 16.4. The zero-order valence-corrected chi connectivity index (χ0v) is 12.8. The van der Waals surface area contributed by atoms with Crippen LogP contribution in [0, 0.1) is 0 Å². The molecule has 0 saturated carbocycles. The number of ether oxygens (including phenoxy) is 1. The number of nitrogens with zero attached hydrogens (tertiary/aromatic N) is 2. The number of amides is 1. The fourth-order valence-corrected chi connectivity index (χ4v) is 2.25. The van der Waals surface area contributed by atoms with Gasteiger partial charge in [0.25, 0.3) is 0 Å². The zero-order valence-electron chi connectivity index (χ0n) is 12.0. The normalized spacial score (nSPS) is 21.0. The molecule has 0 radical (unpaired) electrons. The number of halogens is 1. The van der Waals surface area contributed by atoms with E-state index in [9.17, 15) is 4.79 Å². The molecule has 1 aromatic carbocycles. The van der Waals surface area contributed by atoms with E-state index in [-0.39, 0.29) is 30.5 Å². The van der Waals surface area contributed by atoms with Gasteiger partial charge in [-0.05, 0) is 31.2 Å². The van der Waals surface area contributed by atoms with Gasteiger partial charge in [0.15, 0.2) is 0 Å². The van der Waals surface area contributed by atoms with Crippen molar-refractivity contribution in [3.05, 3.63) is 30.7 Å². The van der Waals surface area contributed by atoms with Gasteiger partial charge in [0.2, 0.25) is 18.1 Å². The van der Waals surface area contributed by atoms with E-state index in [1.807, 2.05) is 19.1 Å². The molecule has 22 heavy (non-hydrogen) atoms. The summed E-state index contributed by atoms with van der Waals surface area (Å²) in [4.78, 5) is 16.2. The number of hydrogen-bond acceptors (Lipinski definition) is 6. The first-order chi connectivity index (χ1) is 10.2. The molecule has 1 saturated heterocycles. The van der Waals surface area contributed by atoms with E-state index in [1.54, 1.807) is 12.1 Å². The number of rotatable bonds is 3. The fourth-order valence-electron chi connectivity index (χ4n) is 2.25. The molecule has 7 nitrogen and oxygen atoms in total. The fraction of sp³-hybridized carbons (Fsp3) is 0.357. The highest BCUT2D eigenvalue weighted by atomic mass is 35.5. The van der Waals surface area contributed by atoms with Crippen molar-refractivity contribution in [2.45, 2.75) is 19.1 Å². The van der Waals surface area contributed by atoms with Crippen molar-refractivity contribution in [2.75, 3.05) is 18.5 Å². The van der Waals surface area contributed by atoms with Gasteiger partial charge in [0, 0.05) is 17.8 Å². The molecule has 0 unspecified atom stereocenters. The monoisotopic (exact) mass is 324 g/mol. The second kappa shape index (κ2) is 7.35. The van der Waals surface area contributed by atoms with Crippen LogP contribution in [0.25, 0.3) is 11.4 Å². The average Bonchev–Trinajstić information content (AvgIpc) is 3.02. The lowest BCUT2D eigenvalue weighted by atomic mass is 10.1. The van der Waals surface area contributed by atoms with Crippen molar-refractivity contribution >= 4 is 24.0 Å². The minimum atomic E-state index is -0.337. The second-order valence-electron chi connectivity index (χ2n) is 4.83. The predicted molar refractivity (Wildman–Crippen MR) is 82.8 cm³/mol. The van der Waals surface area contributed by atoms with Crippen molar-refractivity contribution in [1.82, 2.24) is 15.5 Å².